The molecule has 2 atom stereocenters. The van der Waals surface area contributed by atoms with Gasteiger partial charge in [-0.15, -0.1) is 11.6 Å². The summed E-state index contributed by atoms with van der Waals surface area (Å²) >= 11 is 6.25. The van der Waals surface area contributed by atoms with Crippen molar-refractivity contribution < 1.29 is 8.42 Å². The fraction of sp³-hybridized carbons (Fsp3) is 0.571. The van der Waals surface area contributed by atoms with E-state index in [9.17, 15) is 8.42 Å². The topological polar surface area (TPSA) is 46.2 Å². The van der Waals surface area contributed by atoms with Crippen LogP contribution in [0.3, 0.4) is 0 Å². The zero-order valence-corrected chi connectivity index (χ0v) is 12.7. The Hall–Kier alpha value is -0.580. The van der Waals surface area contributed by atoms with Crippen LogP contribution in [0.5, 0.6) is 0 Å². The van der Waals surface area contributed by atoms with E-state index >= 15 is 0 Å². The molecule has 0 spiro atoms. The quantitative estimate of drug-likeness (QED) is 0.869. The fourth-order valence-corrected chi connectivity index (χ4v) is 4.25. The first kappa shape index (κ1) is 14.8. The van der Waals surface area contributed by atoms with E-state index in [1.54, 1.807) is 25.1 Å². The zero-order chi connectivity index (χ0) is 13.9. The van der Waals surface area contributed by atoms with E-state index in [0.717, 1.165) is 31.2 Å². The summed E-state index contributed by atoms with van der Waals surface area (Å²) < 4.78 is 27.2. The molecule has 0 aromatic heterocycles. The van der Waals surface area contributed by atoms with Crippen LogP contribution in [-0.2, 0) is 10.0 Å². The van der Waals surface area contributed by atoms with E-state index in [1.807, 2.05) is 6.07 Å². The minimum Gasteiger partial charge on any atom is -0.211 e. The highest BCUT2D eigenvalue weighted by atomic mass is 35.5. The van der Waals surface area contributed by atoms with Crippen molar-refractivity contribution in [1.29, 1.82) is 0 Å². The molecule has 2 unspecified atom stereocenters. The summed E-state index contributed by atoms with van der Waals surface area (Å²) in [6.45, 7) is 2.24. The second kappa shape index (κ2) is 6.25. The lowest BCUT2D eigenvalue weighted by atomic mass is 9.89. The predicted octanol–water partition coefficient (Wildman–Crippen LogP) is 3.07. The third-order valence-corrected chi connectivity index (χ3v) is 5.89. The molecular weight excluding hydrogens is 282 g/mol. The number of alkyl halides is 1. The van der Waals surface area contributed by atoms with Crippen LogP contribution in [0.25, 0.3) is 0 Å². The molecule has 0 amide bonds. The standard InChI is InChI=1S/C14H20ClNO2S/c1-11-6-2-5-9-14(11)19(17,18)16-10-12-7-3-4-8-13(12)15/h2,5-6,9,12-13,16H,3-4,7-8,10H2,1H3. The first-order valence-corrected chi connectivity index (χ1v) is 8.62. The monoisotopic (exact) mass is 301 g/mol. The van der Waals surface area contributed by atoms with E-state index in [0.29, 0.717) is 11.4 Å². The van der Waals surface area contributed by atoms with Gasteiger partial charge in [-0.3, -0.25) is 0 Å². The molecule has 0 saturated heterocycles. The fourth-order valence-electron chi connectivity index (χ4n) is 2.54. The van der Waals surface area contributed by atoms with Crippen LogP contribution < -0.4 is 4.72 Å². The Balaban J connectivity index is 2.04. The zero-order valence-electron chi connectivity index (χ0n) is 11.1. The van der Waals surface area contributed by atoms with Crippen molar-refractivity contribution in [2.24, 2.45) is 5.92 Å². The normalized spacial score (nSPS) is 24.3. The van der Waals surface area contributed by atoms with Crippen molar-refractivity contribution in [3.05, 3.63) is 29.8 Å². The lowest BCUT2D eigenvalue weighted by Gasteiger charge is -2.27. The van der Waals surface area contributed by atoms with Crippen molar-refractivity contribution in [2.75, 3.05) is 6.54 Å². The minimum absolute atomic E-state index is 0.0910. The van der Waals surface area contributed by atoms with Gasteiger partial charge in [0, 0.05) is 11.9 Å². The van der Waals surface area contributed by atoms with Crippen LogP contribution >= 0.6 is 11.6 Å². The highest BCUT2D eigenvalue weighted by molar-refractivity contribution is 7.89. The number of sulfonamides is 1. The minimum atomic E-state index is -3.42. The van der Waals surface area contributed by atoms with Crippen molar-refractivity contribution in [1.82, 2.24) is 4.72 Å². The predicted molar refractivity (Wildman–Crippen MR) is 78.0 cm³/mol. The third kappa shape index (κ3) is 3.71. The molecule has 106 valence electrons. The van der Waals surface area contributed by atoms with E-state index in [2.05, 4.69) is 4.72 Å². The van der Waals surface area contributed by atoms with Gasteiger partial charge in [0.25, 0.3) is 0 Å². The lowest BCUT2D eigenvalue weighted by Crippen LogP contribution is -2.35. The number of hydrogen-bond donors (Lipinski definition) is 1. The largest absolute Gasteiger partial charge is 0.240 e. The van der Waals surface area contributed by atoms with Crippen molar-refractivity contribution in [3.63, 3.8) is 0 Å². The maximum atomic E-state index is 12.2. The molecule has 0 bridgehead atoms. The molecular formula is C14H20ClNO2S. The molecule has 1 aliphatic rings. The molecule has 3 nitrogen and oxygen atoms in total. The summed E-state index contributed by atoms with van der Waals surface area (Å²) in [6.07, 6.45) is 4.28. The molecule has 0 radical (unpaired) electrons. The second-order valence-electron chi connectivity index (χ2n) is 5.18. The summed E-state index contributed by atoms with van der Waals surface area (Å²) in [6, 6.07) is 7.02. The van der Waals surface area contributed by atoms with Gasteiger partial charge < -0.3 is 0 Å². The van der Waals surface area contributed by atoms with Crippen LogP contribution in [0.15, 0.2) is 29.2 Å². The molecule has 2 rings (SSSR count). The molecule has 1 aromatic carbocycles. The number of benzene rings is 1. The summed E-state index contributed by atoms with van der Waals surface area (Å²) in [5, 5.41) is 0.0910. The van der Waals surface area contributed by atoms with Gasteiger partial charge in [-0.25, -0.2) is 13.1 Å². The Morgan fingerprint density at radius 2 is 1.95 bits per heavy atom. The first-order chi connectivity index (χ1) is 9.00. The van der Waals surface area contributed by atoms with Crippen LogP contribution in [0, 0.1) is 12.8 Å². The number of nitrogens with one attached hydrogen (secondary N) is 1. The molecule has 5 heteroatoms. The molecule has 1 saturated carbocycles. The van der Waals surface area contributed by atoms with E-state index < -0.39 is 10.0 Å². The van der Waals surface area contributed by atoms with Gasteiger partial charge in [0.2, 0.25) is 10.0 Å². The highest BCUT2D eigenvalue weighted by Gasteiger charge is 2.25. The smallest absolute Gasteiger partial charge is 0.211 e. The number of halogens is 1. The molecule has 1 aliphatic carbocycles. The average Bonchev–Trinajstić information content (AvgIpc) is 2.38. The first-order valence-electron chi connectivity index (χ1n) is 6.70. The average molecular weight is 302 g/mol. The van der Waals surface area contributed by atoms with Crippen LogP contribution in [0.2, 0.25) is 0 Å². The summed E-state index contributed by atoms with van der Waals surface area (Å²) in [7, 11) is -3.42. The Morgan fingerprint density at radius 1 is 1.26 bits per heavy atom. The van der Waals surface area contributed by atoms with Gasteiger partial charge in [0.1, 0.15) is 0 Å². The summed E-state index contributed by atoms with van der Waals surface area (Å²) in [5.74, 6) is 0.245. The van der Waals surface area contributed by atoms with Gasteiger partial charge in [-0.1, -0.05) is 31.0 Å². The Bertz CT molecular complexity index is 530. The van der Waals surface area contributed by atoms with E-state index in [1.165, 1.54) is 0 Å². The van der Waals surface area contributed by atoms with Crippen molar-refractivity contribution in [2.45, 2.75) is 42.9 Å². The molecule has 1 fully saturated rings. The van der Waals surface area contributed by atoms with Crippen LogP contribution in [0.1, 0.15) is 31.2 Å². The van der Waals surface area contributed by atoms with E-state index in [4.69, 9.17) is 11.6 Å². The molecule has 0 heterocycles. The third-order valence-electron chi connectivity index (χ3n) is 3.73. The molecule has 1 N–H and O–H groups in total. The highest BCUT2D eigenvalue weighted by Crippen LogP contribution is 2.28. The Labute approximate surface area is 120 Å². The molecule has 19 heavy (non-hydrogen) atoms. The number of rotatable bonds is 4. The Morgan fingerprint density at radius 3 is 2.63 bits per heavy atom. The maximum Gasteiger partial charge on any atom is 0.240 e. The molecule has 0 aliphatic heterocycles. The van der Waals surface area contributed by atoms with Crippen LogP contribution in [-0.4, -0.2) is 20.3 Å². The SMILES string of the molecule is Cc1ccccc1S(=O)(=O)NCC1CCCCC1Cl. The number of aryl methyl sites for hydroxylation is 1. The van der Waals surface area contributed by atoms with Gasteiger partial charge >= 0.3 is 0 Å². The number of hydrogen-bond acceptors (Lipinski definition) is 2. The van der Waals surface area contributed by atoms with Gasteiger partial charge in [0.05, 0.1) is 4.90 Å². The van der Waals surface area contributed by atoms with Gasteiger partial charge in [-0.2, -0.15) is 0 Å². The maximum absolute atomic E-state index is 12.2. The van der Waals surface area contributed by atoms with Crippen LogP contribution in [0.4, 0.5) is 0 Å². The van der Waals surface area contributed by atoms with Crippen molar-refractivity contribution >= 4 is 21.6 Å². The summed E-state index contributed by atoms with van der Waals surface area (Å²) in [5.41, 5.74) is 0.765. The second-order valence-corrected chi connectivity index (χ2v) is 7.47. The van der Waals surface area contributed by atoms with Crippen molar-refractivity contribution in [3.8, 4) is 0 Å². The summed E-state index contributed by atoms with van der Waals surface area (Å²) in [4.78, 5) is 0.358. The van der Waals surface area contributed by atoms with Gasteiger partial charge in [-0.05, 0) is 37.3 Å². The van der Waals surface area contributed by atoms with Gasteiger partial charge in [0.15, 0.2) is 0 Å². The lowest BCUT2D eigenvalue weighted by molar-refractivity contribution is 0.364. The Kier molecular flexibility index (Phi) is 4.87. The van der Waals surface area contributed by atoms with E-state index in [-0.39, 0.29) is 11.3 Å². The molecule has 1 aromatic rings.